The van der Waals surface area contributed by atoms with E-state index in [0.29, 0.717) is 18.7 Å². The Morgan fingerprint density at radius 2 is 1.85 bits per heavy atom. The molecule has 9 nitrogen and oxygen atoms in total. The van der Waals surface area contributed by atoms with Gasteiger partial charge in [-0.2, -0.15) is 0 Å². The van der Waals surface area contributed by atoms with Crippen molar-refractivity contribution >= 4 is 17.8 Å². The Bertz CT molecular complexity index is 825. The number of carboxylic acid groups (broad SMARTS) is 1. The van der Waals surface area contributed by atoms with E-state index in [1.165, 1.54) is 50.2 Å². The topological polar surface area (TPSA) is 120 Å². The second-order valence-corrected chi connectivity index (χ2v) is 9.30. The van der Waals surface area contributed by atoms with Crippen molar-refractivity contribution < 1.29 is 24.2 Å². The van der Waals surface area contributed by atoms with Crippen molar-refractivity contribution in [2.75, 3.05) is 20.2 Å². The van der Waals surface area contributed by atoms with Crippen molar-refractivity contribution in [3.05, 3.63) is 29.8 Å². The van der Waals surface area contributed by atoms with Crippen molar-refractivity contribution in [2.45, 2.75) is 76.4 Å². The maximum Gasteiger partial charge on any atom is 0.320 e. The van der Waals surface area contributed by atoms with Crippen LogP contribution in [0.4, 0.5) is 0 Å². The van der Waals surface area contributed by atoms with Crippen LogP contribution in [0.15, 0.2) is 24.3 Å². The van der Waals surface area contributed by atoms with E-state index < -0.39 is 24.1 Å². The Hall–Kier alpha value is -2.65. The molecular formula is C25H38N4O5. The smallest absolute Gasteiger partial charge is 0.320 e. The number of carboxylic acids is 1. The van der Waals surface area contributed by atoms with E-state index in [0.717, 1.165) is 18.8 Å². The second kappa shape index (κ2) is 12.7. The Morgan fingerprint density at radius 1 is 1.15 bits per heavy atom. The summed E-state index contributed by atoms with van der Waals surface area (Å²) >= 11 is 0. The summed E-state index contributed by atoms with van der Waals surface area (Å²) in [6.07, 6.45) is 7.95. The minimum atomic E-state index is -1.05. The first kappa shape index (κ1) is 26.0. The van der Waals surface area contributed by atoms with Gasteiger partial charge >= 0.3 is 5.97 Å². The van der Waals surface area contributed by atoms with Crippen molar-refractivity contribution in [2.24, 2.45) is 5.92 Å². The first-order valence-corrected chi connectivity index (χ1v) is 12.4. The molecule has 1 heterocycles. The van der Waals surface area contributed by atoms with Crippen LogP contribution in [0.25, 0.3) is 0 Å². The Labute approximate surface area is 201 Å². The lowest BCUT2D eigenvalue weighted by atomic mass is 9.98. The van der Waals surface area contributed by atoms with Gasteiger partial charge < -0.3 is 15.2 Å². The van der Waals surface area contributed by atoms with Crippen LogP contribution < -0.4 is 20.8 Å². The van der Waals surface area contributed by atoms with Crippen LogP contribution in [-0.4, -0.2) is 66.2 Å². The summed E-state index contributed by atoms with van der Waals surface area (Å²) in [5, 5.41) is 16.2. The van der Waals surface area contributed by atoms with Gasteiger partial charge in [-0.1, -0.05) is 37.8 Å². The quantitative estimate of drug-likeness (QED) is 0.386. The zero-order chi connectivity index (χ0) is 24.5. The molecule has 1 aliphatic heterocycles. The number of likely N-dealkylation sites (N-methyl/N-ethyl adjacent to an activating group) is 1. The molecule has 4 N–H and O–H groups in total. The molecule has 0 unspecified atom stereocenters. The standard InChI is InChI=1S/C25H38N4O5/c1-17(25(32)33)28-21(24(31)29-22(23(30)26-2)8-5-14-27-29)13-15-34-20-11-9-19(10-12-20)16-18-6-3-4-7-18/h9-12,17-18,21-22,27-28H,3-8,13-16H2,1-2H3,(H,26,30)(H,32,33)/t17-,21+,22+/m1/s1. The third kappa shape index (κ3) is 7.17. The second-order valence-electron chi connectivity index (χ2n) is 9.30. The molecule has 2 fully saturated rings. The van der Waals surface area contributed by atoms with Crippen LogP contribution in [0.2, 0.25) is 0 Å². The van der Waals surface area contributed by atoms with Gasteiger partial charge in [0.1, 0.15) is 17.8 Å². The summed E-state index contributed by atoms with van der Waals surface area (Å²) in [7, 11) is 1.54. The number of rotatable bonds is 11. The highest BCUT2D eigenvalue weighted by atomic mass is 16.5. The number of nitrogens with zero attached hydrogens (tertiary/aromatic N) is 1. The summed E-state index contributed by atoms with van der Waals surface area (Å²) in [5.74, 6) is -0.169. The predicted molar refractivity (Wildman–Crippen MR) is 128 cm³/mol. The average Bonchev–Trinajstić information content (AvgIpc) is 3.36. The Morgan fingerprint density at radius 3 is 2.50 bits per heavy atom. The third-order valence-corrected chi connectivity index (χ3v) is 6.75. The Kier molecular flexibility index (Phi) is 9.71. The van der Waals surface area contributed by atoms with Gasteiger partial charge in [-0.25, -0.2) is 5.43 Å². The van der Waals surface area contributed by atoms with Gasteiger partial charge in [-0.15, -0.1) is 0 Å². The van der Waals surface area contributed by atoms with Gasteiger partial charge in [-0.3, -0.25) is 24.7 Å². The minimum absolute atomic E-state index is 0.232. The predicted octanol–water partition coefficient (Wildman–Crippen LogP) is 1.86. The number of carbonyl (C=O) groups is 3. The molecule has 0 bridgehead atoms. The summed E-state index contributed by atoms with van der Waals surface area (Å²) in [4.78, 5) is 37.0. The van der Waals surface area contributed by atoms with Gasteiger partial charge in [-0.05, 0) is 49.8 Å². The highest BCUT2D eigenvalue weighted by molar-refractivity contribution is 5.90. The molecule has 188 valence electrons. The number of aliphatic carboxylic acids is 1. The fourth-order valence-electron chi connectivity index (χ4n) is 4.76. The number of nitrogens with one attached hydrogen (secondary N) is 3. The molecule has 9 heteroatoms. The number of amides is 2. The molecule has 34 heavy (non-hydrogen) atoms. The number of hydrazine groups is 1. The number of benzene rings is 1. The van der Waals surface area contributed by atoms with Crippen LogP contribution >= 0.6 is 0 Å². The minimum Gasteiger partial charge on any atom is -0.494 e. The van der Waals surface area contributed by atoms with E-state index in [2.05, 4.69) is 28.2 Å². The molecule has 2 aliphatic rings. The lowest BCUT2D eigenvalue weighted by Crippen LogP contribution is -2.63. The summed E-state index contributed by atoms with van der Waals surface area (Å²) < 4.78 is 5.88. The highest BCUT2D eigenvalue weighted by Gasteiger charge is 2.36. The molecule has 0 aromatic heterocycles. The molecule has 0 radical (unpaired) electrons. The number of ether oxygens (including phenoxy) is 1. The zero-order valence-electron chi connectivity index (χ0n) is 20.2. The molecule has 3 atom stereocenters. The van der Waals surface area contributed by atoms with Crippen LogP contribution in [0, 0.1) is 5.92 Å². The molecule has 3 rings (SSSR count). The summed E-state index contributed by atoms with van der Waals surface area (Å²) in [6, 6.07) is 5.70. The first-order valence-electron chi connectivity index (χ1n) is 12.4. The Balaban J connectivity index is 1.59. The van der Waals surface area contributed by atoms with Gasteiger partial charge in [0.2, 0.25) is 5.91 Å². The molecule has 1 aliphatic carbocycles. The number of carbonyl (C=O) groups excluding carboxylic acids is 2. The van der Waals surface area contributed by atoms with Crippen LogP contribution in [0.5, 0.6) is 5.75 Å². The lowest BCUT2D eigenvalue weighted by molar-refractivity contribution is -0.149. The molecule has 1 saturated carbocycles. The van der Waals surface area contributed by atoms with Crippen LogP contribution in [-0.2, 0) is 20.8 Å². The molecule has 1 aromatic carbocycles. The third-order valence-electron chi connectivity index (χ3n) is 6.75. The maximum absolute atomic E-state index is 13.3. The van der Waals surface area contributed by atoms with Crippen molar-refractivity contribution in [1.29, 1.82) is 0 Å². The first-order chi connectivity index (χ1) is 16.4. The molecule has 2 amide bonds. The van der Waals surface area contributed by atoms with Gasteiger partial charge in [0.05, 0.1) is 12.6 Å². The fraction of sp³-hybridized carbons (Fsp3) is 0.640. The van der Waals surface area contributed by atoms with E-state index >= 15 is 0 Å². The average molecular weight is 475 g/mol. The van der Waals surface area contributed by atoms with Crippen molar-refractivity contribution in [3.8, 4) is 5.75 Å². The number of hydrogen-bond donors (Lipinski definition) is 4. The van der Waals surface area contributed by atoms with Crippen molar-refractivity contribution in [1.82, 2.24) is 21.1 Å². The molecule has 1 saturated heterocycles. The zero-order valence-corrected chi connectivity index (χ0v) is 20.2. The lowest BCUT2D eigenvalue weighted by Gasteiger charge is -2.37. The van der Waals surface area contributed by atoms with Crippen LogP contribution in [0.1, 0.15) is 57.4 Å². The van der Waals surface area contributed by atoms with Crippen molar-refractivity contribution in [3.63, 3.8) is 0 Å². The summed E-state index contributed by atoms with van der Waals surface area (Å²) in [6.45, 7) is 2.30. The van der Waals surface area contributed by atoms with Gasteiger partial charge in [0.15, 0.2) is 0 Å². The fourth-order valence-corrected chi connectivity index (χ4v) is 4.76. The van der Waals surface area contributed by atoms with E-state index in [-0.39, 0.29) is 24.8 Å². The number of hydrogen-bond acceptors (Lipinski definition) is 6. The van der Waals surface area contributed by atoms with E-state index in [1.54, 1.807) is 0 Å². The molecular weight excluding hydrogens is 436 g/mol. The van der Waals surface area contributed by atoms with Gasteiger partial charge in [0.25, 0.3) is 5.91 Å². The SMILES string of the molecule is CNC(=O)[C@@H]1CCCNN1C(=O)[C@H](CCOc1ccc(CC2CCCC2)cc1)N[C@H](C)C(=O)O. The normalized spacial score (nSPS) is 20.5. The summed E-state index contributed by atoms with van der Waals surface area (Å²) in [5.41, 5.74) is 4.31. The molecule has 0 spiro atoms. The van der Waals surface area contributed by atoms with Gasteiger partial charge in [0, 0.05) is 20.0 Å². The van der Waals surface area contributed by atoms with E-state index in [9.17, 15) is 19.5 Å². The van der Waals surface area contributed by atoms with Crippen LogP contribution in [0.3, 0.4) is 0 Å². The largest absolute Gasteiger partial charge is 0.494 e. The maximum atomic E-state index is 13.3. The monoisotopic (exact) mass is 474 g/mol. The van der Waals surface area contributed by atoms with E-state index in [4.69, 9.17) is 4.74 Å². The highest BCUT2D eigenvalue weighted by Crippen LogP contribution is 2.28. The van der Waals surface area contributed by atoms with E-state index in [1.807, 2.05) is 12.1 Å². The molecule has 1 aromatic rings.